The van der Waals surface area contributed by atoms with Crippen LogP contribution in [0.1, 0.15) is 17.7 Å². The molecule has 0 unspecified atom stereocenters. The summed E-state index contributed by atoms with van der Waals surface area (Å²) < 4.78 is 24.5. The molecule has 0 atom stereocenters. The van der Waals surface area contributed by atoms with E-state index >= 15 is 0 Å². The molecule has 0 saturated carbocycles. The Kier molecular flexibility index (Phi) is 2.75. The van der Waals surface area contributed by atoms with Crippen LogP contribution < -0.4 is 0 Å². The highest BCUT2D eigenvalue weighted by atomic mass is 19.3. The fourth-order valence-electron chi connectivity index (χ4n) is 0.939. The molecule has 0 aliphatic heterocycles. The van der Waals surface area contributed by atoms with Crippen LogP contribution in [0.25, 0.3) is 0 Å². The van der Waals surface area contributed by atoms with Crippen molar-refractivity contribution in [3.05, 3.63) is 27.6 Å². The van der Waals surface area contributed by atoms with E-state index in [0.29, 0.717) is 6.20 Å². The lowest BCUT2D eigenvalue weighted by Crippen LogP contribution is -1.99. The summed E-state index contributed by atoms with van der Waals surface area (Å²) >= 11 is 0. The Hall–Kier alpha value is -2.30. The van der Waals surface area contributed by atoms with Crippen LogP contribution in [0.5, 0.6) is 5.75 Å². The van der Waals surface area contributed by atoms with Crippen LogP contribution in [0.15, 0.2) is 6.20 Å². The maximum absolute atomic E-state index is 12.3. The number of aromatic nitrogens is 1. The Labute approximate surface area is 81.6 Å². The van der Waals surface area contributed by atoms with Crippen molar-refractivity contribution in [1.29, 1.82) is 5.26 Å². The van der Waals surface area contributed by atoms with Gasteiger partial charge in [-0.1, -0.05) is 0 Å². The van der Waals surface area contributed by atoms with E-state index in [0.717, 1.165) is 0 Å². The molecule has 1 rings (SSSR count). The second kappa shape index (κ2) is 3.83. The van der Waals surface area contributed by atoms with Gasteiger partial charge in [-0.15, -0.1) is 0 Å². The highest BCUT2D eigenvalue weighted by Crippen LogP contribution is 2.36. The van der Waals surface area contributed by atoms with Crippen LogP contribution in [0.2, 0.25) is 0 Å². The van der Waals surface area contributed by atoms with Gasteiger partial charge in [0.25, 0.3) is 6.43 Å². The van der Waals surface area contributed by atoms with Gasteiger partial charge in [0.1, 0.15) is 11.6 Å². The lowest BCUT2D eigenvalue weighted by atomic mass is 10.2. The van der Waals surface area contributed by atoms with Crippen molar-refractivity contribution >= 4 is 5.69 Å². The first-order chi connectivity index (χ1) is 6.99. The van der Waals surface area contributed by atoms with Crippen LogP contribution in [0.4, 0.5) is 14.5 Å². The molecule has 0 aliphatic carbocycles. The summed E-state index contributed by atoms with van der Waals surface area (Å²) in [6, 6.07) is 1.35. The predicted octanol–water partition coefficient (Wildman–Crippen LogP) is 1.50. The summed E-state index contributed by atoms with van der Waals surface area (Å²) in [5, 5.41) is 27.9. The third kappa shape index (κ3) is 1.80. The van der Waals surface area contributed by atoms with Crippen LogP contribution in [0, 0.1) is 21.4 Å². The van der Waals surface area contributed by atoms with Crippen LogP contribution in [-0.4, -0.2) is 15.0 Å². The molecule has 0 bridgehead atoms. The molecule has 0 amide bonds. The Morgan fingerprint density at radius 1 is 1.67 bits per heavy atom. The monoisotopic (exact) mass is 215 g/mol. The quantitative estimate of drug-likeness (QED) is 0.595. The number of halogens is 2. The third-order valence-electron chi connectivity index (χ3n) is 1.58. The fourth-order valence-corrected chi connectivity index (χ4v) is 0.939. The van der Waals surface area contributed by atoms with Gasteiger partial charge >= 0.3 is 5.69 Å². The van der Waals surface area contributed by atoms with E-state index in [4.69, 9.17) is 10.4 Å². The number of aromatic hydroxyl groups is 1. The SMILES string of the molecule is N#Cc1ncc(C(F)F)c([N+](=O)[O-])c1O. The van der Waals surface area contributed by atoms with Crippen molar-refractivity contribution in [1.82, 2.24) is 4.98 Å². The zero-order valence-corrected chi connectivity index (χ0v) is 7.02. The van der Waals surface area contributed by atoms with Gasteiger partial charge in [0.2, 0.25) is 5.75 Å². The largest absolute Gasteiger partial charge is 0.500 e. The summed E-state index contributed by atoms with van der Waals surface area (Å²) in [6.07, 6.45) is -2.64. The molecular weight excluding hydrogens is 212 g/mol. The summed E-state index contributed by atoms with van der Waals surface area (Å²) in [6.45, 7) is 0. The van der Waals surface area contributed by atoms with E-state index < -0.39 is 34.0 Å². The number of nitrogens with zero attached hydrogens (tertiary/aromatic N) is 3. The maximum Gasteiger partial charge on any atom is 0.324 e. The summed E-state index contributed by atoms with van der Waals surface area (Å²) in [4.78, 5) is 12.4. The minimum atomic E-state index is -3.14. The van der Waals surface area contributed by atoms with E-state index in [2.05, 4.69) is 4.98 Å². The minimum absolute atomic E-state index is 0.501. The Morgan fingerprint density at radius 3 is 2.67 bits per heavy atom. The molecule has 6 nitrogen and oxygen atoms in total. The molecule has 1 heterocycles. The number of nitriles is 1. The number of hydrogen-bond acceptors (Lipinski definition) is 5. The Morgan fingerprint density at radius 2 is 2.27 bits per heavy atom. The van der Waals surface area contributed by atoms with Crippen LogP contribution in [0.3, 0.4) is 0 Å². The third-order valence-corrected chi connectivity index (χ3v) is 1.58. The van der Waals surface area contributed by atoms with Crippen LogP contribution in [-0.2, 0) is 0 Å². The zero-order chi connectivity index (χ0) is 11.6. The number of alkyl halides is 2. The van der Waals surface area contributed by atoms with Gasteiger partial charge in [-0.05, 0) is 0 Å². The van der Waals surface area contributed by atoms with E-state index in [1.54, 1.807) is 0 Å². The number of pyridine rings is 1. The van der Waals surface area contributed by atoms with Crippen molar-refractivity contribution in [3.63, 3.8) is 0 Å². The highest BCUT2D eigenvalue weighted by Gasteiger charge is 2.29. The number of rotatable bonds is 2. The summed E-state index contributed by atoms with van der Waals surface area (Å²) in [5.74, 6) is -1.14. The van der Waals surface area contributed by atoms with E-state index in [1.165, 1.54) is 6.07 Å². The first-order valence-electron chi connectivity index (χ1n) is 3.53. The first kappa shape index (κ1) is 10.8. The molecule has 1 aromatic heterocycles. The molecule has 15 heavy (non-hydrogen) atoms. The molecule has 1 aromatic rings. The van der Waals surface area contributed by atoms with Gasteiger partial charge in [0, 0.05) is 6.20 Å². The lowest BCUT2D eigenvalue weighted by Gasteiger charge is -2.03. The van der Waals surface area contributed by atoms with Gasteiger partial charge < -0.3 is 5.11 Å². The molecule has 0 spiro atoms. The molecular formula is C7H3F2N3O3. The van der Waals surface area contributed by atoms with Gasteiger partial charge in [-0.25, -0.2) is 13.8 Å². The smallest absolute Gasteiger partial charge is 0.324 e. The van der Waals surface area contributed by atoms with Gasteiger partial charge in [-0.3, -0.25) is 10.1 Å². The van der Waals surface area contributed by atoms with E-state index in [1.807, 2.05) is 0 Å². The van der Waals surface area contributed by atoms with Crippen molar-refractivity contribution in [3.8, 4) is 11.8 Å². The molecule has 1 N–H and O–H groups in total. The van der Waals surface area contributed by atoms with E-state index in [-0.39, 0.29) is 0 Å². The van der Waals surface area contributed by atoms with Crippen molar-refractivity contribution in [2.24, 2.45) is 0 Å². The molecule has 0 aromatic carbocycles. The predicted molar refractivity (Wildman–Crippen MR) is 42.2 cm³/mol. The summed E-state index contributed by atoms with van der Waals surface area (Å²) in [7, 11) is 0. The van der Waals surface area contributed by atoms with Crippen molar-refractivity contribution < 1.29 is 18.8 Å². The van der Waals surface area contributed by atoms with Gasteiger partial charge in [-0.2, -0.15) is 5.26 Å². The zero-order valence-electron chi connectivity index (χ0n) is 7.02. The molecule has 0 aliphatic rings. The van der Waals surface area contributed by atoms with Crippen molar-refractivity contribution in [2.45, 2.75) is 6.43 Å². The second-order valence-corrected chi connectivity index (χ2v) is 2.43. The number of hydrogen-bond donors (Lipinski definition) is 1. The lowest BCUT2D eigenvalue weighted by molar-refractivity contribution is -0.387. The molecule has 0 radical (unpaired) electrons. The normalized spacial score (nSPS) is 10.0. The second-order valence-electron chi connectivity index (χ2n) is 2.43. The molecule has 0 saturated heterocycles. The van der Waals surface area contributed by atoms with Crippen molar-refractivity contribution in [2.75, 3.05) is 0 Å². The first-order valence-corrected chi connectivity index (χ1v) is 3.53. The molecule has 8 heteroatoms. The van der Waals surface area contributed by atoms with Crippen LogP contribution >= 0.6 is 0 Å². The topological polar surface area (TPSA) is 100 Å². The highest BCUT2D eigenvalue weighted by molar-refractivity contribution is 5.57. The maximum atomic E-state index is 12.3. The van der Waals surface area contributed by atoms with Gasteiger partial charge in [0.05, 0.1) is 4.92 Å². The number of nitro groups is 1. The Bertz CT molecular complexity index is 456. The van der Waals surface area contributed by atoms with E-state index in [9.17, 15) is 18.9 Å². The minimum Gasteiger partial charge on any atom is -0.500 e. The molecule has 0 fully saturated rings. The summed E-state index contributed by atoms with van der Waals surface area (Å²) in [5.41, 5.74) is -2.86. The average molecular weight is 215 g/mol. The average Bonchev–Trinajstić information content (AvgIpc) is 2.16. The fraction of sp³-hybridized carbons (Fsp3) is 0.143. The standard InChI is InChI=1S/C7H3F2N3O3/c8-7(9)3-2-11-4(1-10)6(13)5(3)12(14)15/h2,7,13H. The Balaban J connectivity index is 3.53. The molecule has 78 valence electrons. The van der Waals surface area contributed by atoms with Gasteiger partial charge in [0.15, 0.2) is 5.69 Å².